The summed E-state index contributed by atoms with van der Waals surface area (Å²) in [5.74, 6) is -0.280. The highest BCUT2D eigenvalue weighted by Crippen LogP contribution is 2.07. The molecule has 0 saturated heterocycles. The molecule has 0 N–H and O–H groups in total. The Bertz CT molecular complexity index is 341. The average Bonchev–Trinajstić information content (AvgIpc) is 2.30. The first-order chi connectivity index (χ1) is 7.74. The van der Waals surface area contributed by atoms with Gasteiger partial charge in [-0.25, -0.2) is 4.79 Å². The topological polar surface area (TPSA) is 26.3 Å². The zero-order chi connectivity index (χ0) is 11.8. The SMILES string of the molecule is C=C(Cc1ccccc1)C(=O)OCCCC. The Hall–Kier alpha value is -1.57. The molecule has 0 spiro atoms. The molecule has 0 amide bonds. The van der Waals surface area contributed by atoms with E-state index in [1.54, 1.807) is 0 Å². The van der Waals surface area contributed by atoms with Crippen LogP contribution in [-0.4, -0.2) is 12.6 Å². The molecule has 16 heavy (non-hydrogen) atoms. The number of unbranched alkanes of at least 4 members (excludes halogenated alkanes) is 1. The molecule has 2 heteroatoms. The predicted molar refractivity (Wildman–Crippen MR) is 65.2 cm³/mol. The number of esters is 1. The first kappa shape index (κ1) is 12.5. The predicted octanol–water partition coefficient (Wildman–Crippen LogP) is 3.13. The third kappa shape index (κ3) is 4.30. The maximum Gasteiger partial charge on any atom is 0.333 e. The Morgan fingerprint density at radius 2 is 2.00 bits per heavy atom. The van der Waals surface area contributed by atoms with E-state index in [1.165, 1.54) is 0 Å². The molecule has 0 unspecified atom stereocenters. The largest absolute Gasteiger partial charge is 0.462 e. The maximum atomic E-state index is 11.5. The van der Waals surface area contributed by atoms with Crippen LogP contribution in [0.4, 0.5) is 0 Å². The van der Waals surface area contributed by atoms with Crippen molar-refractivity contribution < 1.29 is 9.53 Å². The number of ether oxygens (including phenoxy) is 1. The minimum Gasteiger partial charge on any atom is -0.462 e. The summed E-state index contributed by atoms with van der Waals surface area (Å²) in [4.78, 5) is 11.5. The van der Waals surface area contributed by atoms with Crippen molar-refractivity contribution in [3.05, 3.63) is 48.0 Å². The normalized spacial score (nSPS) is 9.81. The highest BCUT2D eigenvalue weighted by Gasteiger charge is 2.08. The van der Waals surface area contributed by atoms with Crippen LogP contribution in [0, 0.1) is 0 Å². The number of carbonyl (C=O) groups excluding carboxylic acids is 1. The summed E-state index contributed by atoms with van der Waals surface area (Å²) in [7, 11) is 0. The Morgan fingerprint density at radius 3 is 2.62 bits per heavy atom. The highest BCUT2D eigenvalue weighted by molar-refractivity contribution is 5.88. The van der Waals surface area contributed by atoms with E-state index in [1.807, 2.05) is 30.3 Å². The molecule has 0 aromatic heterocycles. The molecule has 0 radical (unpaired) electrons. The number of hydrogen-bond acceptors (Lipinski definition) is 2. The maximum absolute atomic E-state index is 11.5. The fraction of sp³-hybridized carbons (Fsp3) is 0.357. The van der Waals surface area contributed by atoms with E-state index in [0.29, 0.717) is 18.6 Å². The van der Waals surface area contributed by atoms with Crippen molar-refractivity contribution in [3.8, 4) is 0 Å². The van der Waals surface area contributed by atoms with Crippen molar-refractivity contribution >= 4 is 5.97 Å². The third-order valence-electron chi connectivity index (χ3n) is 2.28. The van der Waals surface area contributed by atoms with Crippen molar-refractivity contribution in [2.45, 2.75) is 26.2 Å². The molecule has 0 heterocycles. The average molecular weight is 218 g/mol. The van der Waals surface area contributed by atoms with Gasteiger partial charge in [-0.05, 0) is 12.0 Å². The van der Waals surface area contributed by atoms with Crippen LogP contribution in [0.3, 0.4) is 0 Å². The monoisotopic (exact) mass is 218 g/mol. The number of benzene rings is 1. The molecule has 2 nitrogen and oxygen atoms in total. The van der Waals surface area contributed by atoms with Gasteiger partial charge in [0.2, 0.25) is 0 Å². The minimum atomic E-state index is -0.280. The van der Waals surface area contributed by atoms with Crippen LogP contribution >= 0.6 is 0 Å². The lowest BCUT2D eigenvalue weighted by molar-refractivity contribution is -0.139. The lowest BCUT2D eigenvalue weighted by atomic mass is 10.1. The summed E-state index contributed by atoms with van der Waals surface area (Å²) in [6.07, 6.45) is 2.49. The molecule has 0 aliphatic carbocycles. The van der Waals surface area contributed by atoms with E-state index in [-0.39, 0.29) is 5.97 Å². The molecule has 0 saturated carbocycles. The van der Waals surface area contributed by atoms with Crippen molar-refractivity contribution in [3.63, 3.8) is 0 Å². The number of carbonyl (C=O) groups is 1. The van der Waals surface area contributed by atoms with Crippen molar-refractivity contribution in [1.82, 2.24) is 0 Å². The van der Waals surface area contributed by atoms with Gasteiger partial charge in [0.1, 0.15) is 0 Å². The van der Waals surface area contributed by atoms with Gasteiger partial charge < -0.3 is 4.74 Å². The molecular formula is C14H18O2. The van der Waals surface area contributed by atoms with E-state index in [2.05, 4.69) is 13.5 Å². The van der Waals surface area contributed by atoms with Gasteiger partial charge in [0, 0.05) is 12.0 Å². The molecule has 1 aromatic rings. The Kier molecular flexibility index (Phi) is 5.34. The van der Waals surface area contributed by atoms with Gasteiger partial charge in [-0.1, -0.05) is 50.3 Å². The van der Waals surface area contributed by atoms with E-state index in [9.17, 15) is 4.79 Å². The molecule has 0 atom stereocenters. The minimum absolute atomic E-state index is 0.280. The zero-order valence-electron chi connectivity index (χ0n) is 9.74. The quantitative estimate of drug-likeness (QED) is 0.416. The molecule has 0 bridgehead atoms. The first-order valence-corrected chi connectivity index (χ1v) is 5.63. The molecule has 0 aliphatic rings. The van der Waals surface area contributed by atoms with Crippen LogP contribution in [0.5, 0.6) is 0 Å². The van der Waals surface area contributed by atoms with Crippen molar-refractivity contribution in [2.24, 2.45) is 0 Å². The number of rotatable bonds is 6. The Labute approximate surface area is 96.9 Å². The Balaban J connectivity index is 2.38. The smallest absolute Gasteiger partial charge is 0.333 e. The standard InChI is InChI=1S/C14H18O2/c1-3-4-10-16-14(15)12(2)11-13-8-6-5-7-9-13/h5-9H,2-4,10-11H2,1H3. The van der Waals surface area contributed by atoms with E-state index < -0.39 is 0 Å². The van der Waals surface area contributed by atoms with Gasteiger partial charge >= 0.3 is 5.97 Å². The second-order valence-electron chi connectivity index (χ2n) is 3.76. The molecular weight excluding hydrogens is 200 g/mol. The molecule has 0 fully saturated rings. The summed E-state index contributed by atoms with van der Waals surface area (Å²) < 4.78 is 5.08. The Morgan fingerprint density at radius 1 is 1.31 bits per heavy atom. The highest BCUT2D eigenvalue weighted by atomic mass is 16.5. The van der Waals surface area contributed by atoms with Crippen LogP contribution in [0.25, 0.3) is 0 Å². The second-order valence-corrected chi connectivity index (χ2v) is 3.76. The fourth-order valence-electron chi connectivity index (χ4n) is 1.33. The lowest BCUT2D eigenvalue weighted by Crippen LogP contribution is -2.10. The molecule has 1 aromatic carbocycles. The van der Waals surface area contributed by atoms with E-state index in [4.69, 9.17) is 4.74 Å². The van der Waals surface area contributed by atoms with Crippen LogP contribution in [-0.2, 0) is 16.0 Å². The van der Waals surface area contributed by atoms with Crippen LogP contribution in [0.1, 0.15) is 25.3 Å². The van der Waals surface area contributed by atoms with Gasteiger partial charge in [0.05, 0.1) is 6.61 Å². The molecule has 1 rings (SSSR count). The summed E-state index contributed by atoms with van der Waals surface area (Å²) in [5, 5.41) is 0. The van der Waals surface area contributed by atoms with Gasteiger partial charge in [-0.3, -0.25) is 0 Å². The summed E-state index contributed by atoms with van der Waals surface area (Å²) in [5.41, 5.74) is 1.60. The van der Waals surface area contributed by atoms with Gasteiger partial charge in [-0.2, -0.15) is 0 Å². The van der Waals surface area contributed by atoms with Gasteiger partial charge in [0.15, 0.2) is 0 Å². The van der Waals surface area contributed by atoms with Crippen LogP contribution < -0.4 is 0 Å². The molecule has 0 aliphatic heterocycles. The number of hydrogen-bond donors (Lipinski definition) is 0. The summed E-state index contributed by atoms with van der Waals surface area (Å²) in [6, 6.07) is 9.80. The molecule has 86 valence electrons. The van der Waals surface area contributed by atoms with Gasteiger partial charge in [0.25, 0.3) is 0 Å². The summed E-state index contributed by atoms with van der Waals surface area (Å²) >= 11 is 0. The van der Waals surface area contributed by atoms with E-state index >= 15 is 0 Å². The van der Waals surface area contributed by atoms with Crippen LogP contribution in [0.15, 0.2) is 42.5 Å². The van der Waals surface area contributed by atoms with Crippen molar-refractivity contribution in [2.75, 3.05) is 6.61 Å². The first-order valence-electron chi connectivity index (χ1n) is 5.63. The lowest BCUT2D eigenvalue weighted by Gasteiger charge is -2.06. The zero-order valence-corrected chi connectivity index (χ0v) is 9.74. The van der Waals surface area contributed by atoms with E-state index in [0.717, 1.165) is 18.4 Å². The second kappa shape index (κ2) is 6.83. The third-order valence-corrected chi connectivity index (χ3v) is 2.28. The van der Waals surface area contributed by atoms with Gasteiger partial charge in [-0.15, -0.1) is 0 Å². The van der Waals surface area contributed by atoms with Crippen LogP contribution in [0.2, 0.25) is 0 Å². The fourth-order valence-corrected chi connectivity index (χ4v) is 1.33. The van der Waals surface area contributed by atoms with Crippen molar-refractivity contribution in [1.29, 1.82) is 0 Å². The summed E-state index contributed by atoms with van der Waals surface area (Å²) in [6.45, 7) is 6.31.